The standard InChI is InChI=1S/C22H22N4O4/c1-30-19-11-9-17(10-12-19)25-21(22(27)24-13-3-2-4-14-24)15-20(23-25)16-5-7-18(8-6-16)26(28)29/h5-12,15H,2-4,13-14H2,1H3. The van der Waals surface area contributed by atoms with E-state index in [0.29, 0.717) is 22.7 Å². The Bertz CT molecular complexity index is 1050. The lowest BCUT2D eigenvalue weighted by Gasteiger charge is -2.26. The fraction of sp³-hybridized carbons (Fsp3) is 0.273. The Morgan fingerprint density at radius 2 is 1.70 bits per heavy atom. The number of hydrogen-bond acceptors (Lipinski definition) is 5. The molecule has 8 nitrogen and oxygen atoms in total. The van der Waals surface area contributed by atoms with Crippen molar-refractivity contribution < 1.29 is 14.5 Å². The first-order chi connectivity index (χ1) is 14.6. The van der Waals surface area contributed by atoms with Gasteiger partial charge in [0, 0.05) is 30.8 Å². The second-order valence-corrected chi connectivity index (χ2v) is 7.18. The molecule has 0 N–H and O–H groups in total. The minimum Gasteiger partial charge on any atom is -0.497 e. The predicted molar refractivity (Wildman–Crippen MR) is 112 cm³/mol. The number of nitro groups is 1. The minimum atomic E-state index is -0.439. The highest BCUT2D eigenvalue weighted by Gasteiger charge is 2.24. The van der Waals surface area contributed by atoms with Crippen molar-refractivity contribution in [2.45, 2.75) is 19.3 Å². The van der Waals surface area contributed by atoms with Crippen LogP contribution < -0.4 is 4.74 Å². The smallest absolute Gasteiger partial charge is 0.272 e. The molecule has 0 spiro atoms. The van der Waals surface area contributed by atoms with Crippen molar-refractivity contribution in [1.82, 2.24) is 14.7 Å². The first-order valence-corrected chi connectivity index (χ1v) is 9.85. The molecule has 0 unspecified atom stereocenters. The van der Waals surface area contributed by atoms with Gasteiger partial charge >= 0.3 is 0 Å². The van der Waals surface area contributed by atoms with Crippen LogP contribution in [0.1, 0.15) is 29.8 Å². The molecule has 0 bridgehead atoms. The molecule has 1 aromatic heterocycles. The molecule has 0 saturated carbocycles. The Kier molecular flexibility index (Phi) is 5.47. The number of likely N-dealkylation sites (tertiary alicyclic amines) is 1. The molecular weight excluding hydrogens is 384 g/mol. The van der Waals surface area contributed by atoms with Crippen molar-refractivity contribution in [1.29, 1.82) is 0 Å². The van der Waals surface area contributed by atoms with E-state index in [2.05, 4.69) is 5.10 Å². The number of piperidine rings is 1. The van der Waals surface area contributed by atoms with Crippen LogP contribution in [-0.2, 0) is 0 Å². The molecule has 0 radical (unpaired) electrons. The monoisotopic (exact) mass is 406 g/mol. The fourth-order valence-electron chi connectivity index (χ4n) is 3.61. The highest BCUT2D eigenvalue weighted by atomic mass is 16.6. The Morgan fingerprint density at radius 3 is 2.30 bits per heavy atom. The van der Waals surface area contributed by atoms with Gasteiger partial charge in [-0.3, -0.25) is 14.9 Å². The zero-order valence-corrected chi connectivity index (χ0v) is 16.7. The Labute approximate surface area is 173 Å². The van der Waals surface area contributed by atoms with E-state index in [0.717, 1.165) is 38.0 Å². The van der Waals surface area contributed by atoms with Crippen LogP contribution >= 0.6 is 0 Å². The molecule has 1 amide bonds. The van der Waals surface area contributed by atoms with Gasteiger partial charge in [0.15, 0.2) is 0 Å². The molecule has 8 heteroatoms. The summed E-state index contributed by atoms with van der Waals surface area (Å²) in [5.41, 5.74) is 2.51. The normalized spacial score (nSPS) is 13.8. The van der Waals surface area contributed by atoms with E-state index in [4.69, 9.17) is 4.74 Å². The van der Waals surface area contributed by atoms with E-state index in [1.54, 1.807) is 30.0 Å². The van der Waals surface area contributed by atoms with E-state index in [1.807, 2.05) is 29.2 Å². The van der Waals surface area contributed by atoms with Gasteiger partial charge in [0.25, 0.3) is 11.6 Å². The van der Waals surface area contributed by atoms with Gasteiger partial charge in [0.2, 0.25) is 0 Å². The van der Waals surface area contributed by atoms with Crippen molar-refractivity contribution in [2.24, 2.45) is 0 Å². The number of nitrogens with zero attached hydrogens (tertiary/aromatic N) is 4. The molecular formula is C22H22N4O4. The lowest BCUT2D eigenvalue weighted by Crippen LogP contribution is -2.36. The molecule has 1 aliphatic rings. The van der Waals surface area contributed by atoms with E-state index in [-0.39, 0.29) is 11.6 Å². The zero-order chi connectivity index (χ0) is 21.1. The fourth-order valence-corrected chi connectivity index (χ4v) is 3.61. The molecule has 1 aliphatic heterocycles. The number of carbonyl (C=O) groups is 1. The van der Waals surface area contributed by atoms with Crippen LogP contribution in [0, 0.1) is 10.1 Å². The zero-order valence-electron chi connectivity index (χ0n) is 16.7. The summed E-state index contributed by atoms with van der Waals surface area (Å²) in [6, 6.07) is 15.2. The Hall–Kier alpha value is -3.68. The van der Waals surface area contributed by atoms with Crippen LogP contribution in [0.4, 0.5) is 5.69 Å². The van der Waals surface area contributed by atoms with Crippen LogP contribution in [-0.4, -0.2) is 45.7 Å². The summed E-state index contributed by atoms with van der Waals surface area (Å²) in [6.45, 7) is 1.47. The number of benzene rings is 2. The van der Waals surface area contributed by atoms with Gasteiger partial charge in [-0.05, 0) is 61.7 Å². The number of carbonyl (C=O) groups excluding carboxylic acids is 1. The van der Waals surface area contributed by atoms with E-state index >= 15 is 0 Å². The van der Waals surface area contributed by atoms with Crippen molar-refractivity contribution >= 4 is 11.6 Å². The van der Waals surface area contributed by atoms with Gasteiger partial charge in [0.1, 0.15) is 11.4 Å². The van der Waals surface area contributed by atoms with E-state index in [1.165, 1.54) is 12.1 Å². The molecule has 154 valence electrons. The second-order valence-electron chi connectivity index (χ2n) is 7.18. The average Bonchev–Trinajstić information content (AvgIpc) is 3.24. The van der Waals surface area contributed by atoms with Crippen LogP contribution in [0.2, 0.25) is 0 Å². The van der Waals surface area contributed by atoms with Crippen molar-refractivity contribution in [3.05, 3.63) is 70.4 Å². The number of amides is 1. The topological polar surface area (TPSA) is 90.5 Å². The number of non-ortho nitro benzene ring substituents is 1. The van der Waals surface area contributed by atoms with Crippen molar-refractivity contribution in [3.8, 4) is 22.7 Å². The van der Waals surface area contributed by atoms with Gasteiger partial charge in [-0.2, -0.15) is 5.10 Å². The quantitative estimate of drug-likeness (QED) is 0.470. The highest BCUT2D eigenvalue weighted by molar-refractivity contribution is 5.94. The van der Waals surface area contributed by atoms with Crippen LogP contribution in [0.3, 0.4) is 0 Å². The molecule has 3 aromatic rings. The van der Waals surface area contributed by atoms with Crippen LogP contribution in [0.5, 0.6) is 5.75 Å². The summed E-state index contributed by atoms with van der Waals surface area (Å²) < 4.78 is 6.86. The maximum Gasteiger partial charge on any atom is 0.272 e. The van der Waals surface area contributed by atoms with Gasteiger partial charge < -0.3 is 9.64 Å². The second kappa shape index (κ2) is 8.36. The summed E-state index contributed by atoms with van der Waals surface area (Å²) in [7, 11) is 1.60. The molecule has 4 rings (SSSR count). The maximum absolute atomic E-state index is 13.3. The highest BCUT2D eigenvalue weighted by Crippen LogP contribution is 2.26. The summed E-state index contributed by atoms with van der Waals surface area (Å²) in [6.07, 6.45) is 3.13. The molecule has 1 saturated heterocycles. The molecule has 1 fully saturated rings. The first kappa shape index (κ1) is 19.6. The van der Waals surface area contributed by atoms with Gasteiger partial charge in [0.05, 0.1) is 23.4 Å². The van der Waals surface area contributed by atoms with E-state index < -0.39 is 4.92 Å². The van der Waals surface area contributed by atoms with Gasteiger partial charge in [-0.25, -0.2) is 4.68 Å². The molecule has 0 aliphatic carbocycles. The van der Waals surface area contributed by atoms with Gasteiger partial charge in [-0.1, -0.05) is 0 Å². The lowest BCUT2D eigenvalue weighted by atomic mass is 10.1. The molecule has 0 atom stereocenters. The number of nitro benzene ring substituents is 1. The Morgan fingerprint density at radius 1 is 1.03 bits per heavy atom. The number of rotatable bonds is 5. The molecule has 2 aromatic carbocycles. The summed E-state index contributed by atoms with van der Waals surface area (Å²) >= 11 is 0. The largest absolute Gasteiger partial charge is 0.497 e. The van der Waals surface area contributed by atoms with Crippen molar-refractivity contribution in [3.63, 3.8) is 0 Å². The number of hydrogen-bond donors (Lipinski definition) is 0. The predicted octanol–water partition coefficient (Wildman–Crippen LogP) is 4.08. The summed E-state index contributed by atoms with van der Waals surface area (Å²) in [5.74, 6) is 0.650. The van der Waals surface area contributed by atoms with E-state index in [9.17, 15) is 14.9 Å². The third-order valence-corrected chi connectivity index (χ3v) is 5.26. The molecule has 2 heterocycles. The summed E-state index contributed by atoms with van der Waals surface area (Å²) in [5, 5.41) is 15.6. The van der Waals surface area contributed by atoms with Crippen LogP contribution in [0.25, 0.3) is 16.9 Å². The number of aromatic nitrogens is 2. The minimum absolute atomic E-state index is 0.0120. The third kappa shape index (κ3) is 3.89. The Balaban J connectivity index is 1.75. The first-order valence-electron chi connectivity index (χ1n) is 9.85. The summed E-state index contributed by atoms with van der Waals surface area (Å²) in [4.78, 5) is 25.6. The average molecular weight is 406 g/mol. The molecule has 30 heavy (non-hydrogen) atoms. The van der Waals surface area contributed by atoms with Crippen LogP contribution in [0.15, 0.2) is 54.6 Å². The van der Waals surface area contributed by atoms with Crippen molar-refractivity contribution in [2.75, 3.05) is 20.2 Å². The maximum atomic E-state index is 13.3. The lowest BCUT2D eigenvalue weighted by molar-refractivity contribution is -0.384. The number of methoxy groups -OCH3 is 1. The van der Waals surface area contributed by atoms with Gasteiger partial charge in [-0.15, -0.1) is 0 Å². The number of ether oxygens (including phenoxy) is 1. The SMILES string of the molecule is COc1ccc(-n2nc(-c3ccc([N+](=O)[O-])cc3)cc2C(=O)N2CCCCC2)cc1. The third-order valence-electron chi connectivity index (χ3n) is 5.26.